The van der Waals surface area contributed by atoms with E-state index >= 15 is 0 Å². The van der Waals surface area contributed by atoms with E-state index in [0.717, 1.165) is 24.0 Å². The van der Waals surface area contributed by atoms with Gasteiger partial charge in [0.1, 0.15) is 5.72 Å². The van der Waals surface area contributed by atoms with Crippen LogP contribution < -0.4 is 0 Å². The van der Waals surface area contributed by atoms with E-state index in [1.54, 1.807) is 0 Å². The van der Waals surface area contributed by atoms with Crippen LogP contribution in [0.3, 0.4) is 0 Å². The highest BCUT2D eigenvalue weighted by atomic mass is 32.2. The van der Waals surface area contributed by atoms with Gasteiger partial charge >= 0.3 is 6.18 Å². The maximum atomic E-state index is 12.9. The molecule has 9 heteroatoms. The van der Waals surface area contributed by atoms with Crippen molar-refractivity contribution in [2.75, 3.05) is 6.26 Å². The fourth-order valence-electron chi connectivity index (χ4n) is 4.99. The highest BCUT2D eigenvalue weighted by molar-refractivity contribution is 7.86. The lowest BCUT2D eigenvalue weighted by Crippen LogP contribution is -2.58. The Bertz CT molecular complexity index is 1040. The van der Waals surface area contributed by atoms with Gasteiger partial charge < -0.3 is 5.11 Å². The maximum Gasteiger partial charge on any atom is 0.416 e. The fourth-order valence-corrected chi connectivity index (χ4v) is 5.79. The number of hydrogen-bond donors (Lipinski definition) is 1. The Morgan fingerprint density at radius 2 is 1.77 bits per heavy atom. The molecule has 2 fully saturated rings. The van der Waals surface area contributed by atoms with Crippen LogP contribution in [-0.2, 0) is 32.6 Å². The molecule has 2 aliphatic heterocycles. The van der Waals surface area contributed by atoms with Crippen molar-refractivity contribution in [3.05, 3.63) is 71.3 Å². The number of halogens is 3. The lowest BCUT2D eigenvalue weighted by atomic mass is 9.78. The topological polar surface area (TPSA) is 66.8 Å². The molecule has 0 radical (unpaired) electrons. The van der Waals surface area contributed by atoms with E-state index in [-0.39, 0.29) is 18.9 Å². The third-order valence-electron chi connectivity index (χ3n) is 6.23. The van der Waals surface area contributed by atoms with E-state index < -0.39 is 33.2 Å². The average Bonchev–Trinajstić information content (AvgIpc) is 2.88. The van der Waals surface area contributed by atoms with Gasteiger partial charge in [-0.1, -0.05) is 42.5 Å². The minimum absolute atomic E-state index is 0.0538. The second-order valence-electron chi connectivity index (χ2n) is 8.53. The third kappa shape index (κ3) is 4.50. The molecule has 3 unspecified atom stereocenters. The monoisotopic (exact) mass is 455 g/mol. The summed E-state index contributed by atoms with van der Waals surface area (Å²) in [6.45, 7) is 0.449. The van der Waals surface area contributed by atoms with Gasteiger partial charge in [-0.3, -0.25) is 4.90 Å². The first-order chi connectivity index (χ1) is 14.4. The summed E-state index contributed by atoms with van der Waals surface area (Å²) in [4.78, 5) is 1.97. The van der Waals surface area contributed by atoms with Gasteiger partial charge in [-0.05, 0) is 42.5 Å². The second kappa shape index (κ2) is 7.58. The van der Waals surface area contributed by atoms with Gasteiger partial charge in [0.15, 0.2) is 0 Å². The quantitative estimate of drug-likeness (QED) is 0.690. The van der Waals surface area contributed by atoms with E-state index in [9.17, 15) is 26.7 Å². The van der Waals surface area contributed by atoms with E-state index in [2.05, 4.69) is 0 Å². The van der Waals surface area contributed by atoms with Crippen molar-refractivity contribution in [3.63, 3.8) is 0 Å². The number of alkyl halides is 3. The van der Waals surface area contributed by atoms with Gasteiger partial charge in [0.2, 0.25) is 0 Å². The van der Waals surface area contributed by atoms with Gasteiger partial charge in [-0.15, -0.1) is 0 Å². The molecular formula is C22H24F3NO4S. The first kappa shape index (κ1) is 22.3. The average molecular weight is 455 g/mol. The van der Waals surface area contributed by atoms with E-state index in [1.807, 2.05) is 35.2 Å². The molecule has 0 aliphatic carbocycles. The van der Waals surface area contributed by atoms with Crippen molar-refractivity contribution in [2.24, 2.45) is 0 Å². The van der Waals surface area contributed by atoms with Crippen molar-refractivity contribution in [3.8, 4) is 0 Å². The summed E-state index contributed by atoms with van der Waals surface area (Å²) in [6, 6.07) is 13.8. The van der Waals surface area contributed by atoms with Gasteiger partial charge in [-0.25, -0.2) is 4.18 Å². The van der Waals surface area contributed by atoms with Gasteiger partial charge in [0, 0.05) is 19.0 Å². The summed E-state index contributed by atoms with van der Waals surface area (Å²) in [5.74, 6) is 0. The second-order valence-corrected chi connectivity index (χ2v) is 10.1. The SMILES string of the molecule is CS(=O)(=O)OC12CCC(CC(O)(c3ccc(C(F)(F)F)cc3)C1)N2Cc1ccccc1. The minimum Gasteiger partial charge on any atom is -0.385 e. The summed E-state index contributed by atoms with van der Waals surface area (Å²) in [7, 11) is -3.85. The third-order valence-corrected chi connectivity index (χ3v) is 6.84. The molecule has 1 N–H and O–H groups in total. The van der Waals surface area contributed by atoms with Crippen LogP contribution in [0, 0.1) is 0 Å². The Labute approximate surface area is 179 Å². The zero-order chi connectivity index (χ0) is 22.5. The normalized spacial score (nSPS) is 29.3. The predicted octanol–water partition coefficient (Wildman–Crippen LogP) is 4.02. The molecule has 0 amide bonds. The molecule has 0 saturated carbocycles. The van der Waals surface area contributed by atoms with Crippen LogP contribution >= 0.6 is 0 Å². The van der Waals surface area contributed by atoms with Crippen molar-refractivity contribution in [1.82, 2.24) is 4.90 Å². The number of aliphatic hydroxyl groups is 1. The van der Waals surface area contributed by atoms with E-state index in [0.29, 0.717) is 24.9 Å². The number of nitrogens with zero attached hydrogens (tertiary/aromatic N) is 1. The standard InChI is InChI=1S/C22H24F3NO4S/c1-31(28,29)30-21-12-11-19(26(21)14-16-5-3-2-4-6-16)13-20(27,15-21)17-7-9-18(10-8-17)22(23,24)25/h2-10,19,27H,11-15H2,1H3. The zero-order valence-corrected chi connectivity index (χ0v) is 17.8. The Hall–Kier alpha value is -1.94. The van der Waals surface area contributed by atoms with Crippen molar-refractivity contribution < 1.29 is 30.9 Å². The molecule has 5 nitrogen and oxygen atoms in total. The molecule has 0 aromatic heterocycles. The predicted molar refractivity (Wildman–Crippen MR) is 108 cm³/mol. The molecule has 31 heavy (non-hydrogen) atoms. The van der Waals surface area contributed by atoms with Crippen LogP contribution in [0.25, 0.3) is 0 Å². The van der Waals surface area contributed by atoms with Gasteiger partial charge in [-0.2, -0.15) is 21.6 Å². The summed E-state index contributed by atoms with van der Waals surface area (Å²) in [5, 5.41) is 11.5. The number of hydrogen-bond acceptors (Lipinski definition) is 5. The Morgan fingerprint density at radius 1 is 1.13 bits per heavy atom. The minimum atomic E-state index is -4.47. The molecule has 2 aromatic rings. The summed E-state index contributed by atoms with van der Waals surface area (Å²) in [6.07, 6.45) is -2.25. The van der Waals surface area contributed by atoms with E-state index in [4.69, 9.17) is 4.18 Å². The molecule has 3 atom stereocenters. The number of fused-ring (bicyclic) bond motifs is 2. The Kier molecular flexibility index (Phi) is 5.44. The summed E-state index contributed by atoms with van der Waals surface area (Å²) in [5.41, 5.74) is -2.25. The molecule has 2 saturated heterocycles. The molecular weight excluding hydrogens is 431 g/mol. The molecule has 0 spiro atoms. The molecule has 2 aliphatic rings. The Morgan fingerprint density at radius 3 is 2.35 bits per heavy atom. The van der Waals surface area contributed by atoms with Crippen LogP contribution in [0.5, 0.6) is 0 Å². The van der Waals surface area contributed by atoms with Crippen LogP contribution in [-0.4, -0.2) is 36.4 Å². The highest BCUT2D eigenvalue weighted by Gasteiger charge is 2.59. The van der Waals surface area contributed by atoms with Crippen molar-refractivity contribution in [1.29, 1.82) is 0 Å². The largest absolute Gasteiger partial charge is 0.416 e. The first-order valence-electron chi connectivity index (χ1n) is 10.0. The van der Waals surface area contributed by atoms with Crippen LogP contribution in [0.2, 0.25) is 0 Å². The molecule has 2 heterocycles. The zero-order valence-electron chi connectivity index (χ0n) is 17.0. The molecule has 2 aromatic carbocycles. The van der Waals surface area contributed by atoms with Crippen LogP contribution in [0.15, 0.2) is 54.6 Å². The lowest BCUT2D eigenvalue weighted by molar-refractivity contribution is -0.172. The number of rotatable bonds is 5. The molecule has 168 valence electrons. The number of piperidine rings is 1. The maximum absolute atomic E-state index is 12.9. The molecule has 2 bridgehead atoms. The highest BCUT2D eigenvalue weighted by Crippen LogP contribution is 2.53. The van der Waals surface area contributed by atoms with Crippen molar-refractivity contribution in [2.45, 2.75) is 55.8 Å². The van der Waals surface area contributed by atoms with Crippen LogP contribution in [0.1, 0.15) is 42.4 Å². The Balaban J connectivity index is 1.69. The lowest BCUT2D eigenvalue weighted by Gasteiger charge is -2.50. The first-order valence-corrected chi connectivity index (χ1v) is 11.8. The van der Waals surface area contributed by atoms with Gasteiger partial charge in [0.25, 0.3) is 10.1 Å². The van der Waals surface area contributed by atoms with E-state index in [1.165, 1.54) is 12.1 Å². The van der Waals surface area contributed by atoms with Crippen LogP contribution in [0.4, 0.5) is 13.2 Å². The van der Waals surface area contributed by atoms with Crippen molar-refractivity contribution >= 4 is 10.1 Å². The van der Waals surface area contributed by atoms with Gasteiger partial charge in [0.05, 0.1) is 17.4 Å². The fraction of sp³-hybridized carbons (Fsp3) is 0.455. The smallest absolute Gasteiger partial charge is 0.385 e. The summed E-state index contributed by atoms with van der Waals surface area (Å²) >= 11 is 0. The number of benzene rings is 2. The molecule has 4 rings (SSSR count). The summed E-state index contributed by atoms with van der Waals surface area (Å²) < 4.78 is 68.7.